The van der Waals surface area contributed by atoms with Crippen molar-refractivity contribution < 1.29 is 4.39 Å². The van der Waals surface area contributed by atoms with Crippen molar-refractivity contribution in [2.75, 3.05) is 6.54 Å². The Hall–Kier alpha value is -0.860. The maximum atomic E-state index is 13.6. The van der Waals surface area contributed by atoms with Crippen LogP contribution in [-0.4, -0.2) is 6.54 Å². The number of benzene rings is 1. The highest BCUT2D eigenvalue weighted by molar-refractivity contribution is 6.30. The minimum absolute atomic E-state index is 0.00157. The summed E-state index contributed by atoms with van der Waals surface area (Å²) in [6, 6.07) is 4.67. The fraction of sp³-hybridized carbons (Fsp3) is 0.385. The van der Waals surface area contributed by atoms with E-state index < -0.39 is 0 Å². The van der Waals surface area contributed by atoms with Gasteiger partial charge in [-0.15, -0.1) is 6.58 Å². The molecule has 0 amide bonds. The zero-order chi connectivity index (χ0) is 12.0. The summed E-state index contributed by atoms with van der Waals surface area (Å²) in [7, 11) is 0. The molecule has 88 valence electrons. The van der Waals surface area contributed by atoms with Crippen LogP contribution in [0, 0.1) is 5.82 Å². The second-order valence-corrected chi connectivity index (χ2v) is 4.08. The monoisotopic (exact) mass is 241 g/mol. The van der Waals surface area contributed by atoms with Gasteiger partial charge in [0, 0.05) is 16.6 Å². The minimum atomic E-state index is -0.209. The van der Waals surface area contributed by atoms with E-state index in [1.54, 1.807) is 12.1 Å². The van der Waals surface area contributed by atoms with Gasteiger partial charge in [0.1, 0.15) is 5.82 Å². The third kappa shape index (κ3) is 3.62. The van der Waals surface area contributed by atoms with Gasteiger partial charge in [0.25, 0.3) is 0 Å². The van der Waals surface area contributed by atoms with Gasteiger partial charge >= 0.3 is 0 Å². The Morgan fingerprint density at radius 2 is 2.31 bits per heavy atom. The number of allylic oxidation sites excluding steroid dienone is 1. The summed E-state index contributed by atoms with van der Waals surface area (Å²) < 4.78 is 13.6. The molecule has 1 aromatic rings. The second-order valence-electron chi connectivity index (χ2n) is 3.64. The van der Waals surface area contributed by atoms with Crippen molar-refractivity contribution in [2.45, 2.75) is 25.8 Å². The lowest BCUT2D eigenvalue weighted by molar-refractivity contribution is 0.488. The van der Waals surface area contributed by atoms with E-state index in [1.165, 1.54) is 6.07 Å². The summed E-state index contributed by atoms with van der Waals surface area (Å²) in [5, 5.41) is 3.82. The van der Waals surface area contributed by atoms with Gasteiger partial charge in [-0.25, -0.2) is 4.39 Å². The maximum absolute atomic E-state index is 13.6. The van der Waals surface area contributed by atoms with Crippen LogP contribution in [-0.2, 0) is 0 Å². The van der Waals surface area contributed by atoms with E-state index in [0.717, 1.165) is 19.4 Å². The molecule has 0 aliphatic heterocycles. The molecule has 1 atom stereocenters. The fourth-order valence-corrected chi connectivity index (χ4v) is 1.86. The van der Waals surface area contributed by atoms with E-state index >= 15 is 0 Å². The Bertz CT molecular complexity index is 352. The summed E-state index contributed by atoms with van der Waals surface area (Å²) >= 11 is 5.88. The minimum Gasteiger partial charge on any atom is -0.310 e. The Kier molecular flexibility index (Phi) is 5.50. The number of nitrogens with one attached hydrogen (secondary N) is 1. The van der Waals surface area contributed by atoms with Gasteiger partial charge < -0.3 is 5.32 Å². The van der Waals surface area contributed by atoms with E-state index in [2.05, 4.69) is 11.9 Å². The van der Waals surface area contributed by atoms with Gasteiger partial charge in [0.2, 0.25) is 0 Å². The van der Waals surface area contributed by atoms with Crippen LogP contribution >= 0.6 is 11.6 Å². The van der Waals surface area contributed by atoms with Gasteiger partial charge in [-0.05, 0) is 37.6 Å². The first-order chi connectivity index (χ1) is 7.69. The Morgan fingerprint density at radius 3 is 2.94 bits per heavy atom. The summed E-state index contributed by atoms with van der Waals surface area (Å²) in [6.45, 7) is 6.48. The van der Waals surface area contributed by atoms with Crippen molar-refractivity contribution in [1.29, 1.82) is 0 Å². The lowest BCUT2D eigenvalue weighted by atomic mass is 10.0. The first-order valence-corrected chi connectivity index (χ1v) is 5.86. The summed E-state index contributed by atoms with van der Waals surface area (Å²) in [5.74, 6) is -0.209. The van der Waals surface area contributed by atoms with E-state index in [9.17, 15) is 4.39 Å². The molecule has 0 saturated carbocycles. The third-order valence-electron chi connectivity index (χ3n) is 2.44. The molecule has 0 aliphatic rings. The van der Waals surface area contributed by atoms with E-state index in [0.29, 0.717) is 10.6 Å². The molecule has 0 bridgehead atoms. The largest absolute Gasteiger partial charge is 0.310 e. The smallest absolute Gasteiger partial charge is 0.128 e. The molecule has 0 saturated heterocycles. The van der Waals surface area contributed by atoms with Crippen molar-refractivity contribution in [1.82, 2.24) is 5.32 Å². The fourth-order valence-electron chi connectivity index (χ4n) is 1.68. The van der Waals surface area contributed by atoms with E-state index in [1.807, 2.05) is 13.0 Å². The molecule has 1 N–H and O–H groups in total. The molecule has 0 spiro atoms. The summed E-state index contributed by atoms with van der Waals surface area (Å²) in [4.78, 5) is 0. The molecular formula is C13H17ClFN. The van der Waals surface area contributed by atoms with Crippen LogP contribution in [0.15, 0.2) is 30.9 Å². The average molecular weight is 242 g/mol. The topological polar surface area (TPSA) is 12.0 Å². The van der Waals surface area contributed by atoms with Crippen LogP contribution in [0.5, 0.6) is 0 Å². The summed E-state index contributed by atoms with van der Waals surface area (Å²) in [6.07, 6.45) is 3.52. The Balaban J connectivity index is 2.89. The predicted octanol–water partition coefficient (Wildman–Crippen LogP) is 4.10. The quantitative estimate of drug-likeness (QED) is 0.740. The van der Waals surface area contributed by atoms with Crippen LogP contribution in [0.1, 0.15) is 31.4 Å². The van der Waals surface area contributed by atoms with Gasteiger partial charge in [0.05, 0.1) is 0 Å². The molecule has 1 rings (SSSR count). The van der Waals surface area contributed by atoms with Crippen LogP contribution in [0.3, 0.4) is 0 Å². The highest BCUT2D eigenvalue weighted by atomic mass is 35.5. The van der Waals surface area contributed by atoms with Gasteiger partial charge in [-0.3, -0.25) is 0 Å². The molecular weight excluding hydrogens is 225 g/mol. The van der Waals surface area contributed by atoms with Crippen molar-refractivity contribution in [3.63, 3.8) is 0 Å². The molecule has 1 aromatic carbocycles. The highest BCUT2D eigenvalue weighted by Gasteiger charge is 2.14. The maximum Gasteiger partial charge on any atom is 0.128 e. The number of rotatable bonds is 6. The first-order valence-electron chi connectivity index (χ1n) is 5.48. The summed E-state index contributed by atoms with van der Waals surface area (Å²) in [5.41, 5.74) is 0.635. The number of hydrogen-bond donors (Lipinski definition) is 1. The Labute approximate surface area is 101 Å². The van der Waals surface area contributed by atoms with Crippen LogP contribution in [0.2, 0.25) is 5.02 Å². The molecule has 0 heterocycles. The lowest BCUT2D eigenvalue weighted by Crippen LogP contribution is -2.21. The average Bonchev–Trinajstić information content (AvgIpc) is 2.28. The number of halogens is 2. The van der Waals surface area contributed by atoms with E-state index in [4.69, 9.17) is 11.6 Å². The van der Waals surface area contributed by atoms with Crippen molar-refractivity contribution in [3.8, 4) is 0 Å². The third-order valence-corrected chi connectivity index (χ3v) is 2.68. The van der Waals surface area contributed by atoms with E-state index in [-0.39, 0.29) is 11.9 Å². The number of hydrogen-bond acceptors (Lipinski definition) is 1. The molecule has 1 unspecified atom stereocenters. The highest BCUT2D eigenvalue weighted by Crippen LogP contribution is 2.24. The van der Waals surface area contributed by atoms with Gasteiger partial charge in [-0.1, -0.05) is 24.6 Å². The Morgan fingerprint density at radius 1 is 1.56 bits per heavy atom. The molecule has 0 aromatic heterocycles. The van der Waals surface area contributed by atoms with Crippen LogP contribution < -0.4 is 5.32 Å². The van der Waals surface area contributed by atoms with Crippen LogP contribution in [0.25, 0.3) is 0 Å². The molecule has 1 nitrogen and oxygen atoms in total. The molecule has 0 aliphatic carbocycles. The first kappa shape index (κ1) is 13.2. The van der Waals surface area contributed by atoms with Crippen molar-refractivity contribution >= 4 is 11.6 Å². The van der Waals surface area contributed by atoms with Gasteiger partial charge in [-0.2, -0.15) is 0 Å². The second kappa shape index (κ2) is 6.66. The lowest BCUT2D eigenvalue weighted by Gasteiger charge is -2.18. The molecule has 3 heteroatoms. The normalized spacial score (nSPS) is 12.4. The van der Waals surface area contributed by atoms with Crippen molar-refractivity contribution in [3.05, 3.63) is 47.3 Å². The molecule has 0 radical (unpaired) electrons. The van der Waals surface area contributed by atoms with Crippen LogP contribution in [0.4, 0.5) is 4.39 Å². The molecule has 16 heavy (non-hydrogen) atoms. The van der Waals surface area contributed by atoms with Crippen molar-refractivity contribution in [2.24, 2.45) is 0 Å². The molecule has 0 fully saturated rings. The predicted molar refractivity (Wildman–Crippen MR) is 67.3 cm³/mol. The van der Waals surface area contributed by atoms with Gasteiger partial charge in [0.15, 0.2) is 0 Å². The standard InChI is InChI=1S/C13H17ClFN/c1-3-5-6-13(16-4-2)11-9-10(14)7-8-12(11)15/h3,7-9,13,16H,1,4-6H2,2H3. The zero-order valence-electron chi connectivity index (χ0n) is 9.47. The zero-order valence-corrected chi connectivity index (χ0v) is 10.2. The SMILES string of the molecule is C=CCCC(NCC)c1cc(Cl)ccc1F.